The molecule has 5 nitrogen and oxygen atoms in total. The maximum Gasteiger partial charge on any atom is 0.269 e. The molecule has 1 aromatic carbocycles. The van der Waals surface area contributed by atoms with E-state index < -0.39 is 0 Å². The standard InChI is InChI=1S/C17H25N3O2/c1-20(2)15-9-5-8-14(12-15)17(22)19-18-16(21)11-10-13-6-3-4-7-13/h5,8-9,12-13H,3-4,6-7,10-11H2,1-2H3,(H,18,21)(H,19,22). The molecule has 0 heterocycles. The van der Waals surface area contributed by atoms with Gasteiger partial charge in [-0.15, -0.1) is 0 Å². The van der Waals surface area contributed by atoms with Crippen LogP contribution >= 0.6 is 0 Å². The van der Waals surface area contributed by atoms with Gasteiger partial charge < -0.3 is 4.90 Å². The topological polar surface area (TPSA) is 61.4 Å². The molecule has 0 aromatic heterocycles. The lowest BCUT2D eigenvalue weighted by Crippen LogP contribution is -2.41. The fourth-order valence-corrected chi connectivity index (χ4v) is 2.82. The third-order valence-electron chi connectivity index (χ3n) is 4.19. The number of anilines is 1. The molecule has 0 aliphatic heterocycles. The predicted molar refractivity (Wildman–Crippen MR) is 87.6 cm³/mol. The summed E-state index contributed by atoms with van der Waals surface area (Å²) >= 11 is 0. The van der Waals surface area contributed by atoms with Gasteiger partial charge in [0.25, 0.3) is 5.91 Å². The van der Waals surface area contributed by atoms with E-state index in [2.05, 4.69) is 10.9 Å². The van der Waals surface area contributed by atoms with Gasteiger partial charge in [-0.3, -0.25) is 20.4 Å². The van der Waals surface area contributed by atoms with Gasteiger partial charge in [0.05, 0.1) is 0 Å². The summed E-state index contributed by atoms with van der Waals surface area (Å²) in [6.07, 6.45) is 6.42. The van der Waals surface area contributed by atoms with Crippen molar-refractivity contribution in [3.8, 4) is 0 Å². The monoisotopic (exact) mass is 303 g/mol. The summed E-state index contributed by atoms with van der Waals surface area (Å²) in [5, 5.41) is 0. The number of hydrazine groups is 1. The minimum absolute atomic E-state index is 0.121. The van der Waals surface area contributed by atoms with Crippen LogP contribution in [0.1, 0.15) is 48.9 Å². The summed E-state index contributed by atoms with van der Waals surface area (Å²) in [6, 6.07) is 7.27. The number of amides is 2. The largest absolute Gasteiger partial charge is 0.378 e. The molecule has 0 radical (unpaired) electrons. The lowest BCUT2D eigenvalue weighted by atomic mass is 10.0. The molecule has 0 atom stereocenters. The zero-order valence-corrected chi connectivity index (χ0v) is 13.4. The van der Waals surface area contributed by atoms with E-state index in [4.69, 9.17) is 0 Å². The van der Waals surface area contributed by atoms with Gasteiger partial charge in [-0.05, 0) is 30.5 Å². The Balaban J connectivity index is 1.76. The average molecular weight is 303 g/mol. The van der Waals surface area contributed by atoms with Crippen molar-refractivity contribution in [3.63, 3.8) is 0 Å². The molecule has 1 fully saturated rings. The van der Waals surface area contributed by atoms with E-state index in [1.165, 1.54) is 25.7 Å². The van der Waals surface area contributed by atoms with Gasteiger partial charge in [0.2, 0.25) is 5.91 Å². The van der Waals surface area contributed by atoms with E-state index in [1.54, 1.807) is 12.1 Å². The van der Waals surface area contributed by atoms with Gasteiger partial charge in [-0.1, -0.05) is 31.7 Å². The molecular formula is C17H25N3O2. The Kier molecular flexibility index (Phi) is 5.81. The quantitative estimate of drug-likeness (QED) is 0.822. The van der Waals surface area contributed by atoms with E-state index in [-0.39, 0.29) is 11.8 Å². The van der Waals surface area contributed by atoms with Gasteiger partial charge in [0.1, 0.15) is 0 Å². The summed E-state index contributed by atoms with van der Waals surface area (Å²) in [5.41, 5.74) is 6.46. The molecule has 0 saturated heterocycles. The van der Waals surface area contributed by atoms with E-state index in [1.807, 2.05) is 31.1 Å². The Morgan fingerprint density at radius 1 is 1.18 bits per heavy atom. The molecular weight excluding hydrogens is 278 g/mol. The summed E-state index contributed by atoms with van der Waals surface area (Å²) in [4.78, 5) is 25.7. The van der Waals surface area contributed by atoms with Crippen molar-refractivity contribution in [1.82, 2.24) is 10.9 Å². The van der Waals surface area contributed by atoms with Crippen LogP contribution in [0, 0.1) is 5.92 Å². The highest BCUT2D eigenvalue weighted by Crippen LogP contribution is 2.28. The van der Waals surface area contributed by atoms with Gasteiger partial charge in [0, 0.05) is 31.8 Å². The highest BCUT2D eigenvalue weighted by atomic mass is 16.2. The summed E-state index contributed by atoms with van der Waals surface area (Å²) < 4.78 is 0. The van der Waals surface area contributed by atoms with Crippen LogP contribution < -0.4 is 15.8 Å². The molecule has 1 aliphatic carbocycles. The molecule has 22 heavy (non-hydrogen) atoms. The second-order valence-corrected chi connectivity index (χ2v) is 6.14. The van der Waals surface area contributed by atoms with Crippen LogP contribution in [0.2, 0.25) is 0 Å². The van der Waals surface area contributed by atoms with Crippen LogP contribution in [0.3, 0.4) is 0 Å². The average Bonchev–Trinajstić information content (AvgIpc) is 3.04. The van der Waals surface area contributed by atoms with Gasteiger partial charge in [-0.25, -0.2) is 0 Å². The van der Waals surface area contributed by atoms with E-state index >= 15 is 0 Å². The second-order valence-electron chi connectivity index (χ2n) is 6.14. The first-order chi connectivity index (χ1) is 10.6. The van der Waals surface area contributed by atoms with Crippen molar-refractivity contribution < 1.29 is 9.59 Å². The minimum atomic E-state index is -0.294. The molecule has 2 N–H and O–H groups in total. The molecule has 0 unspecified atom stereocenters. The van der Waals surface area contributed by atoms with E-state index in [0.717, 1.165) is 12.1 Å². The van der Waals surface area contributed by atoms with Crippen LogP contribution in [-0.4, -0.2) is 25.9 Å². The Labute approximate surface area is 132 Å². The number of rotatable bonds is 5. The zero-order valence-electron chi connectivity index (χ0n) is 13.4. The third-order valence-corrected chi connectivity index (χ3v) is 4.19. The predicted octanol–water partition coefficient (Wildman–Crippen LogP) is 2.48. The van der Waals surface area contributed by atoms with Crippen molar-refractivity contribution in [2.24, 2.45) is 5.92 Å². The number of nitrogens with zero attached hydrogens (tertiary/aromatic N) is 1. The highest BCUT2D eigenvalue weighted by Gasteiger charge is 2.16. The summed E-state index contributed by atoms with van der Waals surface area (Å²) in [5.74, 6) is 0.264. The number of nitrogens with one attached hydrogen (secondary N) is 2. The number of carbonyl (C=O) groups is 2. The second kappa shape index (κ2) is 7.82. The first-order valence-corrected chi connectivity index (χ1v) is 7.93. The molecule has 1 aromatic rings. The molecule has 1 saturated carbocycles. The van der Waals surface area contributed by atoms with Crippen LogP contribution in [0.25, 0.3) is 0 Å². The lowest BCUT2D eigenvalue weighted by Gasteiger charge is -2.14. The number of hydrogen-bond acceptors (Lipinski definition) is 3. The number of carbonyl (C=O) groups excluding carboxylic acids is 2. The molecule has 1 aliphatic rings. The van der Waals surface area contributed by atoms with E-state index in [0.29, 0.717) is 17.9 Å². The van der Waals surface area contributed by atoms with Crippen LogP contribution in [0.15, 0.2) is 24.3 Å². The van der Waals surface area contributed by atoms with Crippen molar-refractivity contribution in [1.29, 1.82) is 0 Å². The highest BCUT2D eigenvalue weighted by molar-refractivity contribution is 5.96. The van der Waals surface area contributed by atoms with E-state index in [9.17, 15) is 9.59 Å². The van der Waals surface area contributed by atoms with Gasteiger partial charge in [-0.2, -0.15) is 0 Å². The Hall–Kier alpha value is -2.04. The summed E-state index contributed by atoms with van der Waals surface area (Å²) in [7, 11) is 3.84. The maximum absolute atomic E-state index is 12.0. The first kappa shape index (κ1) is 16.3. The molecule has 2 amide bonds. The molecule has 0 bridgehead atoms. The van der Waals surface area contributed by atoms with Crippen LogP contribution in [-0.2, 0) is 4.79 Å². The Bertz CT molecular complexity index is 522. The molecule has 120 valence electrons. The normalized spacial score (nSPS) is 14.6. The Morgan fingerprint density at radius 2 is 1.91 bits per heavy atom. The van der Waals surface area contributed by atoms with Crippen LogP contribution in [0.4, 0.5) is 5.69 Å². The van der Waals surface area contributed by atoms with Gasteiger partial charge in [0.15, 0.2) is 0 Å². The first-order valence-electron chi connectivity index (χ1n) is 7.93. The lowest BCUT2D eigenvalue weighted by molar-refractivity contribution is -0.122. The summed E-state index contributed by atoms with van der Waals surface area (Å²) in [6.45, 7) is 0. The van der Waals surface area contributed by atoms with Crippen molar-refractivity contribution >= 4 is 17.5 Å². The number of benzene rings is 1. The zero-order chi connectivity index (χ0) is 15.9. The molecule has 0 spiro atoms. The van der Waals surface area contributed by atoms with Crippen molar-refractivity contribution in [2.75, 3.05) is 19.0 Å². The number of hydrogen-bond donors (Lipinski definition) is 2. The fourth-order valence-electron chi connectivity index (χ4n) is 2.82. The molecule has 5 heteroatoms. The maximum atomic E-state index is 12.0. The van der Waals surface area contributed by atoms with Crippen molar-refractivity contribution in [3.05, 3.63) is 29.8 Å². The smallest absolute Gasteiger partial charge is 0.269 e. The van der Waals surface area contributed by atoms with Gasteiger partial charge >= 0.3 is 0 Å². The Morgan fingerprint density at radius 3 is 2.59 bits per heavy atom. The minimum Gasteiger partial charge on any atom is -0.378 e. The fraction of sp³-hybridized carbons (Fsp3) is 0.529. The molecule has 2 rings (SSSR count). The van der Waals surface area contributed by atoms with Crippen LogP contribution in [0.5, 0.6) is 0 Å². The SMILES string of the molecule is CN(C)c1cccc(C(=O)NNC(=O)CCC2CCCC2)c1. The van der Waals surface area contributed by atoms with Crippen molar-refractivity contribution in [2.45, 2.75) is 38.5 Å². The third kappa shape index (κ3) is 4.76.